The van der Waals surface area contributed by atoms with Crippen LogP contribution in [-0.2, 0) is 17.1 Å². The molecule has 0 radical (unpaired) electrons. The fourth-order valence-electron chi connectivity index (χ4n) is 2.75. The maximum absolute atomic E-state index is 11.7. The van der Waals surface area contributed by atoms with Crippen LogP contribution >= 0.6 is 0 Å². The van der Waals surface area contributed by atoms with Gasteiger partial charge in [0, 0.05) is 38.4 Å². The first-order chi connectivity index (χ1) is 9.47. The van der Waals surface area contributed by atoms with Crippen molar-refractivity contribution >= 4 is 21.2 Å². The van der Waals surface area contributed by atoms with Gasteiger partial charge < -0.3 is 0 Å². The Morgan fingerprint density at radius 2 is 2.05 bits per heavy atom. The number of piperidine rings is 1. The third-order valence-electron chi connectivity index (χ3n) is 3.73. The molecular formula is C12H17N5O2S. The van der Waals surface area contributed by atoms with Crippen LogP contribution in [-0.4, -0.2) is 51.8 Å². The molecule has 20 heavy (non-hydrogen) atoms. The second kappa shape index (κ2) is 4.78. The Morgan fingerprint density at radius 1 is 1.30 bits per heavy atom. The molecule has 8 heteroatoms. The number of sulfonamides is 1. The second-order valence-corrected chi connectivity index (χ2v) is 7.18. The Morgan fingerprint density at radius 3 is 2.80 bits per heavy atom. The van der Waals surface area contributed by atoms with Crippen LogP contribution in [0.25, 0.3) is 11.2 Å². The highest BCUT2D eigenvalue weighted by molar-refractivity contribution is 7.88. The molecular weight excluding hydrogens is 278 g/mol. The maximum atomic E-state index is 11.7. The zero-order chi connectivity index (χ0) is 14.3. The van der Waals surface area contributed by atoms with Gasteiger partial charge in [0.15, 0.2) is 5.65 Å². The van der Waals surface area contributed by atoms with Gasteiger partial charge in [-0.2, -0.15) is 5.10 Å². The zero-order valence-electron chi connectivity index (χ0n) is 11.5. The molecule has 1 fully saturated rings. The predicted molar refractivity (Wildman–Crippen MR) is 74.7 cm³/mol. The third kappa shape index (κ3) is 2.29. The SMILES string of the molecule is Cn1nc(C2CCCN(S(C)(=O)=O)C2)c2nccnc21. The van der Waals surface area contributed by atoms with E-state index in [4.69, 9.17) is 0 Å². The molecule has 1 unspecified atom stereocenters. The lowest BCUT2D eigenvalue weighted by Crippen LogP contribution is -2.38. The van der Waals surface area contributed by atoms with E-state index in [1.54, 1.807) is 17.1 Å². The van der Waals surface area contributed by atoms with Gasteiger partial charge in [0.05, 0.1) is 11.9 Å². The number of rotatable bonds is 2. The van der Waals surface area contributed by atoms with E-state index in [1.807, 2.05) is 7.05 Å². The van der Waals surface area contributed by atoms with E-state index in [1.165, 1.54) is 10.6 Å². The van der Waals surface area contributed by atoms with Crippen LogP contribution in [0.4, 0.5) is 0 Å². The number of aromatic nitrogens is 4. The largest absolute Gasteiger partial charge is 0.249 e. The molecule has 0 amide bonds. The fourth-order valence-corrected chi connectivity index (χ4v) is 3.66. The van der Waals surface area contributed by atoms with Crippen LogP contribution in [0.2, 0.25) is 0 Å². The first-order valence-electron chi connectivity index (χ1n) is 6.55. The molecule has 0 saturated carbocycles. The normalized spacial score (nSPS) is 21.4. The molecule has 0 aliphatic carbocycles. The molecule has 1 aliphatic heterocycles. The summed E-state index contributed by atoms with van der Waals surface area (Å²) in [6.45, 7) is 1.06. The molecule has 0 N–H and O–H groups in total. The fraction of sp³-hybridized carbons (Fsp3) is 0.583. The van der Waals surface area contributed by atoms with E-state index in [0.717, 1.165) is 29.7 Å². The standard InChI is InChI=1S/C12H17N5O2S/c1-16-12-11(13-5-6-14-12)10(15-16)9-4-3-7-17(8-9)20(2,18)19/h5-6,9H,3-4,7-8H2,1-2H3. The predicted octanol–water partition coefficient (Wildman–Crippen LogP) is 0.502. The summed E-state index contributed by atoms with van der Waals surface area (Å²) >= 11 is 0. The van der Waals surface area contributed by atoms with Crippen molar-refractivity contribution in [2.75, 3.05) is 19.3 Å². The summed E-state index contributed by atoms with van der Waals surface area (Å²) in [6, 6.07) is 0. The van der Waals surface area contributed by atoms with E-state index in [2.05, 4.69) is 15.1 Å². The highest BCUT2D eigenvalue weighted by Crippen LogP contribution is 2.30. The molecule has 0 aromatic carbocycles. The van der Waals surface area contributed by atoms with E-state index in [0.29, 0.717) is 13.1 Å². The summed E-state index contributed by atoms with van der Waals surface area (Å²) in [7, 11) is -1.32. The molecule has 1 saturated heterocycles. The number of nitrogens with zero attached hydrogens (tertiary/aromatic N) is 5. The minimum atomic E-state index is -3.15. The summed E-state index contributed by atoms with van der Waals surface area (Å²) in [5.41, 5.74) is 2.36. The summed E-state index contributed by atoms with van der Waals surface area (Å²) in [6.07, 6.45) is 6.30. The topological polar surface area (TPSA) is 81.0 Å². The first kappa shape index (κ1) is 13.4. The maximum Gasteiger partial charge on any atom is 0.211 e. The van der Waals surface area contributed by atoms with Crippen molar-refractivity contribution in [2.45, 2.75) is 18.8 Å². The molecule has 7 nitrogen and oxygen atoms in total. The zero-order valence-corrected chi connectivity index (χ0v) is 12.3. The van der Waals surface area contributed by atoms with Crippen molar-refractivity contribution in [2.24, 2.45) is 7.05 Å². The lowest BCUT2D eigenvalue weighted by atomic mass is 9.96. The van der Waals surface area contributed by atoms with Gasteiger partial charge in [-0.15, -0.1) is 0 Å². The van der Waals surface area contributed by atoms with Gasteiger partial charge in [-0.1, -0.05) is 0 Å². The van der Waals surface area contributed by atoms with Crippen LogP contribution in [0.3, 0.4) is 0 Å². The molecule has 1 aliphatic rings. The summed E-state index contributed by atoms with van der Waals surface area (Å²) in [5, 5.41) is 4.50. The highest BCUT2D eigenvalue weighted by Gasteiger charge is 2.30. The van der Waals surface area contributed by atoms with Gasteiger partial charge in [-0.3, -0.25) is 0 Å². The average Bonchev–Trinajstić information content (AvgIpc) is 2.76. The summed E-state index contributed by atoms with van der Waals surface area (Å²) in [4.78, 5) is 8.62. The minimum Gasteiger partial charge on any atom is -0.249 e. The molecule has 1 atom stereocenters. The molecule has 0 spiro atoms. The number of fused-ring (bicyclic) bond motifs is 1. The number of hydrogen-bond acceptors (Lipinski definition) is 5. The lowest BCUT2D eigenvalue weighted by molar-refractivity contribution is 0.314. The van der Waals surface area contributed by atoms with Gasteiger partial charge in [0.1, 0.15) is 5.52 Å². The summed E-state index contributed by atoms with van der Waals surface area (Å²) < 4.78 is 26.6. The quantitative estimate of drug-likeness (QED) is 0.806. The minimum absolute atomic E-state index is 0.0823. The number of hydrogen-bond donors (Lipinski definition) is 0. The Hall–Kier alpha value is -1.54. The Balaban J connectivity index is 1.99. The van der Waals surface area contributed by atoms with Crippen LogP contribution in [0.5, 0.6) is 0 Å². The van der Waals surface area contributed by atoms with Crippen molar-refractivity contribution < 1.29 is 8.42 Å². The van der Waals surface area contributed by atoms with E-state index in [9.17, 15) is 8.42 Å². The van der Waals surface area contributed by atoms with E-state index >= 15 is 0 Å². The second-order valence-electron chi connectivity index (χ2n) is 5.20. The van der Waals surface area contributed by atoms with Crippen LogP contribution < -0.4 is 0 Å². The third-order valence-corrected chi connectivity index (χ3v) is 5.00. The molecule has 2 aromatic rings. The average molecular weight is 295 g/mol. The van der Waals surface area contributed by atoms with E-state index < -0.39 is 10.0 Å². The van der Waals surface area contributed by atoms with Crippen LogP contribution in [0.1, 0.15) is 24.5 Å². The molecule has 0 bridgehead atoms. The van der Waals surface area contributed by atoms with Crippen molar-refractivity contribution in [3.05, 3.63) is 18.1 Å². The molecule has 3 rings (SSSR count). The van der Waals surface area contributed by atoms with Gasteiger partial charge in [0.25, 0.3) is 0 Å². The highest BCUT2D eigenvalue weighted by atomic mass is 32.2. The van der Waals surface area contributed by atoms with Crippen molar-refractivity contribution in [3.63, 3.8) is 0 Å². The lowest BCUT2D eigenvalue weighted by Gasteiger charge is -2.29. The Kier molecular flexibility index (Phi) is 3.21. The monoisotopic (exact) mass is 295 g/mol. The first-order valence-corrected chi connectivity index (χ1v) is 8.40. The molecule has 2 aromatic heterocycles. The van der Waals surface area contributed by atoms with Crippen LogP contribution in [0.15, 0.2) is 12.4 Å². The Labute approximate surface area is 117 Å². The molecule has 3 heterocycles. The van der Waals surface area contributed by atoms with Gasteiger partial charge >= 0.3 is 0 Å². The van der Waals surface area contributed by atoms with Crippen molar-refractivity contribution in [1.29, 1.82) is 0 Å². The van der Waals surface area contributed by atoms with Crippen LogP contribution in [0, 0.1) is 0 Å². The van der Waals surface area contributed by atoms with Gasteiger partial charge in [0.2, 0.25) is 10.0 Å². The van der Waals surface area contributed by atoms with Crippen molar-refractivity contribution in [1.82, 2.24) is 24.1 Å². The summed E-state index contributed by atoms with van der Waals surface area (Å²) in [5.74, 6) is 0.0823. The van der Waals surface area contributed by atoms with Gasteiger partial charge in [-0.05, 0) is 12.8 Å². The van der Waals surface area contributed by atoms with Gasteiger partial charge in [-0.25, -0.2) is 27.4 Å². The number of aryl methyl sites for hydroxylation is 1. The van der Waals surface area contributed by atoms with Crippen molar-refractivity contribution in [3.8, 4) is 0 Å². The molecule has 108 valence electrons. The smallest absolute Gasteiger partial charge is 0.211 e. The van der Waals surface area contributed by atoms with E-state index in [-0.39, 0.29) is 5.92 Å². The Bertz CT molecular complexity index is 739.